The lowest BCUT2D eigenvalue weighted by atomic mass is 10.1. The van der Waals surface area contributed by atoms with Gasteiger partial charge in [-0.05, 0) is 6.07 Å². The van der Waals surface area contributed by atoms with Gasteiger partial charge in [0.05, 0.1) is 12.5 Å². The van der Waals surface area contributed by atoms with Crippen molar-refractivity contribution in [2.45, 2.75) is 19.4 Å². The number of nitrogens with one attached hydrogen (secondary N) is 1. The Kier molecular flexibility index (Phi) is 3.52. The molecule has 15 heavy (non-hydrogen) atoms. The first-order valence-corrected chi connectivity index (χ1v) is 4.20. The van der Waals surface area contributed by atoms with Gasteiger partial charge in [-0.25, -0.2) is 8.78 Å². The van der Waals surface area contributed by atoms with Crippen LogP contribution < -0.4 is 11.3 Å². The SMILES string of the molecule is N#CCc1cc(C(F)F)c(CN)[nH]c1=O. The van der Waals surface area contributed by atoms with Crippen LogP contribution in [0.2, 0.25) is 0 Å². The minimum atomic E-state index is -2.71. The van der Waals surface area contributed by atoms with Gasteiger partial charge in [-0.1, -0.05) is 0 Å². The van der Waals surface area contributed by atoms with Crippen molar-refractivity contribution in [1.82, 2.24) is 4.98 Å². The van der Waals surface area contributed by atoms with Crippen molar-refractivity contribution in [1.29, 1.82) is 5.26 Å². The summed E-state index contributed by atoms with van der Waals surface area (Å²) in [7, 11) is 0. The van der Waals surface area contributed by atoms with Crippen LogP contribution >= 0.6 is 0 Å². The summed E-state index contributed by atoms with van der Waals surface area (Å²) < 4.78 is 25.0. The second kappa shape index (κ2) is 4.66. The van der Waals surface area contributed by atoms with Crippen LogP contribution in [-0.2, 0) is 13.0 Å². The number of halogens is 2. The Labute approximate surface area is 84.3 Å². The number of nitrogens with zero attached hydrogens (tertiary/aromatic N) is 1. The van der Waals surface area contributed by atoms with Crippen molar-refractivity contribution in [3.63, 3.8) is 0 Å². The first-order valence-electron chi connectivity index (χ1n) is 4.20. The lowest BCUT2D eigenvalue weighted by Crippen LogP contribution is -2.18. The van der Waals surface area contributed by atoms with Crippen LogP contribution in [0.1, 0.15) is 23.2 Å². The van der Waals surface area contributed by atoms with E-state index < -0.39 is 12.0 Å². The summed E-state index contributed by atoms with van der Waals surface area (Å²) in [5, 5.41) is 8.39. The normalized spacial score (nSPS) is 10.3. The van der Waals surface area contributed by atoms with Crippen molar-refractivity contribution in [2.75, 3.05) is 0 Å². The Morgan fingerprint density at radius 3 is 2.73 bits per heavy atom. The Hall–Kier alpha value is -1.74. The zero-order valence-electron chi connectivity index (χ0n) is 7.76. The third-order valence-corrected chi connectivity index (χ3v) is 1.94. The van der Waals surface area contributed by atoms with Crippen LogP contribution in [0.15, 0.2) is 10.9 Å². The van der Waals surface area contributed by atoms with Crippen LogP contribution in [0.4, 0.5) is 8.78 Å². The maximum atomic E-state index is 12.5. The topological polar surface area (TPSA) is 82.7 Å². The summed E-state index contributed by atoms with van der Waals surface area (Å²) in [6.45, 7) is -0.165. The second-order valence-electron chi connectivity index (χ2n) is 2.90. The van der Waals surface area contributed by atoms with Crippen LogP contribution in [0.3, 0.4) is 0 Å². The minimum absolute atomic E-state index is 0.0108. The van der Waals surface area contributed by atoms with Gasteiger partial charge in [-0.15, -0.1) is 0 Å². The summed E-state index contributed by atoms with van der Waals surface area (Å²) in [6.07, 6.45) is -2.90. The molecule has 80 valence electrons. The molecule has 0 bridgehead atoms. The molecule has 0 radical (unpaired) electrons. The van der Waals surface area contributed by atoms with Gasteiger partial charge >= 0.3 is 0 Å². The number of hydrogen-bond donors (Lipinski definition) is 2. The summed E-state index contributed by atoms with van der Waals surface area (Å²) in [5.41, 5.74) is 4.40. The summed E-state index contributed by atoms with van der Waals surface area (Å²) in [5.74, 6) is 0. The molecule has 0 fully saturated rings. The summed E-state index contributed by atoms with van der Waals surface area (Å²) >= 11 is 0. The Morgan fingerprint density at radius 2 is 2.27 bits per heavy atom. The molecule has 6 heteroatoms. The number of aromatic nitrogens is 1. The maximum Gasteiger partial charge on any atom is 0.265 e. The molecule has 1 rings (SSSR count). The van der Waals surface area contributed by atoms with Gasteiger partial charge in [-0.3, -0.25) is 4.79 Å². The van der Waals surface area contributed by atoms with E-state index in [-0.39, 0.29) is 29.8 Å². The van der Waals surface area contributed by atoms with Crippen molar-refractivity contribution in [2.24, 2.45) is 5.73 Å². The zero-order valence-corrected chi connectivity index (χ0v) is 7.76. The largest absolute Gasteiger partial charge is 0.325 e. The molecule has 3 N–H and O–H groups in total. The van der Waals surface area contributed by atoms with Gasteiger partial charge in [0.25, 0.3) is 12.0 Å². The minimum Gasteiger partial charge on any atom is -0.325 e. The fourth-order valence-electron chi connectivity index (χ4n) is 1.21. The van der Waals surface area contributed by atoms with E-state index >= 15 is 0 Å². The molecule has 0 saturated carbocycles. The number of nitriles is 1. The molecule has 0 aliphatic carbocycles. The van der Waals surface area contributed by atoms with E-state index in [1.807, 2.05) is 0 Å². The van der Waals surface area contributed by atoms with Crippen molar-refractivity contribution in [3.8, 4) is 6.07 Å². The van der Waals surface area contributed by atoms with E-state index in [2.05, 4.69) is 4.98 Å². The molecule has 0 aliphatic heterocycles. The predicted molar refractivity (Wildman–Crippen MR) is 49.2 cm³/mol. The average molecular weight is 213 g/mol. The predicted octanol–water partition coefficient (Wildman–Crippen LogP) is 0.837. The summed E-state index contributed by atoms with van der Waals surface area (Å²) in [6, 6.07) is 2.77. The van der Waals surface area contributed by atoms with E-state index in [1.165, 1.54) is 0 Å². The number of H-pyrrole nitrogens is 1. The Balaban J connectivity index is 3.32. The maximum absolute atomic E-state index is 12.5. The number of rotatable bonds is 3. The van der Waals surface area contributed by atoms with Gasteiger partial charge in [0, 0.05) is 23.4 Å². The molecule has 0 saturated heterocycles. The fraction of sp³-hybridized carbons (Fsp3) is 0.333. The lowest BCUT2D eigenvalue weighted by molar-refractivity contribution is 0.149. The van der Waals surface area contributed by atoms with Crippen molar-refractivity contribution >= 4 is 0 Å². The Bertz CT molecular complexity index is 448. The highest BCUT2D eigenvalue weighted by atomic mass is 19.3. The van der Waals surface area contributed by atoms with Gasteiger partial charge in [0.15, 0.2) is 0 Å². The Morgan fingerprint density at radius 1 is 1.60 bits per heavy atom. The molecule has 0 spiro atoms. The molecule has 1 aromatic heterocycles. The summed E-state index contributed by atoms with van der Waals surface area (Å²) in [4.78, 5) is 13.5. The first-order chi connectivity index (χ1) is 7.10. The van der Waals surface area contributed by atoms with E-state index in [0.29, 0.717) is 0 Å². The zero-order chi connectivity index (χ0) is 11.4. The van der Waals surface area contributed by atoms with Gasteiger partial charge in [0.1, 0.15) is 0 Å². The number of alkyl halides is 2. The molecule has 1 aromatic rings. The average Bonchev–Trinajstić information content (AvgIpc) is 2.20. The molecule has 0 amide bonds. The van der Waals surface area contributed by atoms with Crippen molar-refractivity contribution in [3.05, 3.63) is 33.2 Å². The molecule has 4 nitrogen and oxygen atoms in total. The van der Waals surface area contributed by atoms with E-state index in [4.69, 9.17) is 11.0 Å². The van der Waals surface area contributed by atoms with Gasteiger partial charge in [0.2, 0.25) is 0 Å². The van der Waals surface area contributed by atoms with Gasteiger partial charge in [-0.2, -0.15) is 5.26 Å². The highest BCUT2D eigenvalue weighted by Gasteiger charge is 2.15. The standard InChI is InChI=1S/C9H9F2N3O/c10-8(11)6-3-5(1-2-12)9(15)14-7(6)4-13/h3,8H,1,4,13H2,(H,14,15). The van der Waals surface area contributed by atoms with E-state index in [1.54, 1.807) is 6.07 Å². The number of aromatic amines is 1. The van der Waals surface area contributed by atoms with Crippen LogP contribution in [0.25, 0.3) is 0 Å². The van der Waals surface area contributed by atoms with Crippen molar-refractivity contribution < 1.29 is 8.78 Å². The molecule has 0 unspecified atom stereocenters. The fourth-order valence-corrected chi connectivity index (χ4v) is 1.21. The number of nitrogens with two attached hydrogens (primary N) is 1. The highest BCUT2D eigenvalue weighted by molar-refractivity contribution is 5.28. The quantitative estimate of drug-likeness (QED) is 0.780. The smallest absolute Gasteiger partial charge is 0.265 e. The molecular weight excluding hydrogens is 204 g/mol. The van der Waals surface area contributed by atoms with Crippen LogP contribution in [0.5, 0.6) is 0 Å². The molecule has 0 atom stereocenters. The molecule has 0 aliphatic rings. The number of pyridine rings is 1. The van der Waals surface area contributed by atoms with Crippen LogP contribution in [-0.4, -0.2) is 4.98 Å². The molecule has 1 heterocycles. The number of hydrogen-bond acceptors (Lipinski definition) is 3. The third kappa shape index (κ3) is 2.39. The first kappa shape index (κ1) is 11.3. The molecule has 0 aromatic carbocycles. The van der Waals surface area contributed by atoms with E-state index in [0.717, 1.165) is 6.07 Å². The lowest BCUT2D eigenvalue weighted by Gasteiger charge is -2.07. The molecular formula is C9H9F2N3O. The van der Waals surface area contributed by atoms with Crippen LogP contribution in [0, 0.1) is 11.3 Å². The second-order valence-corrected chi connectivity index (χ2v) is 2.90. The highest BCUT2D eigenvalue weighted by Crippen LogP contribution is 2.21. The van der Waals surface area contributed by atoms with E-state index in [9.17, 15) is 13.6 Å². The third-order valence-electron chi connectivity index (χ3n) is 1.94. The van der Waals surface area contributed by atoms with Gasteiger partial charge < -0.3 is 10.7 Å². The monoisotopic (exact) mass is 213 g/mol.